The van der Waals surface area contributed by atoms with Crippen molar-refractivity contribution in [2.75, 3.05) is 0 Å². The van der Waals surface area contributed by atoms with Crippen LogP contribution in [0, 0.1) is 0 Å². The summed E-state index contributed by atoms with van der Waals surface area (Å²) in [6.45, 7) is 0. The molecule has 38 heavy (non-hydrogen) atoms. The van der Waals surface area contributed by atoms with E-state index in [-0.39, 0.29) is 12.2 Å². The Kier molecular flexibility index (Phi) is 6.97. The molecule has 0 aliphatic heterocycles. The third kappa shape index (κ3) is 5.45. The topological polar surface area (TPSA) is 120 Å². The zero-order chi connectivity index (χ0) is 26.6. The number of aliphatic carboxylic acids is 1. The van der Waals surface area contributed by atoms with E-state index >= 15 is 0 Å². The molecule has 3 aromatic carbocycles. The van der Waals surface area contributed by atoms with Gasteiger partial charge in [-0.25, -0.2) is 9.48 Å². The number of hydrogen-bond acceptors (Lipinski definition) is 4. The molecule has 0 aliphatic carbocycles. The highest BCUT2D eigenvalue weighted by Crippen LogP contribution is 2.27. The van der Waals surface area contributed by atoms with Crippen molar-refractivity contribution in [3.63, 3.8) is 0 Å². The monoisotopic (exact) mass is 526 g/mol. The van der Waals surface area contributed by atoms with Gasteiger partial charge in [-0.3, -0.25) is 4.79 Å². The Balaban J connectivity index is 1.40. The molecule has 8 nitrogen and oxygen atoms in total. The predicted molar refractivity (Wildman–Crippen MR) is 146 cm³/mol. The van der Waals surface area contributed by atoms with E-state index in [1.54, 1.807) is 59.5 Å². The molecule has 0 bridgehead atoms. The summed E-state index contributed by atoms with van der Waals surface area (Å²) in [5, 5.41) is 28.1. The number of amides is 1. The number of nitrogens with zero attached hydrogens (tertiary/aromatic N) is 2. The summed E-state index contributed by atoms with van der Waals surface area (Å²) in [4.78, 5) is 27.8. The molecule has 4 N–H and O–H groups in total. The summed E-state index contributed by atoms with van der Waals surface area (Å²) < 4.78 is 1.64. The zero-order valence-corrected chi connectivity index (χ0v) is 20.8. The first-order valence-electron chi connectivity index (χ1n) is 11.8. The van der Waals surface area contributed by atoms with Gasteiger partial charge in [0.25, 0.3) is 0 Å². The lowest BCUT2D eigenvalue weighted by molar-refractivity contribution is -0.141. The molecule has 0 fully saturated rings. The molecule has 190 valence electrons. The Morgan fingerprint density at radius 2 is 1.87 bits per heavy atom. The van der Waals surface area contributed by atoms with Crippen molar-refractivity contribution in [3.05, 3.63) is 107 Å². The van der Waals surface area contributed by atoms with Gasteiger partial charge in [0.2, 0.25) is 5.91 Å². The van der Waals surface area contributed by atoms with E-state index in [0.717, 1.165) is 27.7 Å². The van der Waals surface area contributed by atoms with E-state index in [0.29, 0.717) is 16.3 Å². The highest BCUT2D eigenvalue weighted by molar-refractivity contribution is 6.30. The Bertz CT molecular complexity index is 1650. The van der Waals surface area contributed by atoms with Gasteiger partial charge in [-0.2, -0.15) is 5.10 Å². The Labute approximate surface area is 222 Å². The van der Waals surface area contributed by atoms with Crippen LogP contribution in [0.4, 0.5) is 0 Å². The minimum atomic E-state index is -1.13. The molecular formula is C29H23ClN4O4. The van der Waals surface area contributed by atoms with Gasteiger partial charge < -0.3 is 20.5 Å². The predicted octanol–water partition coefficient (Wildman–Crippen LogP) is 5.20. The number of phenolic OH excluding ortho intramolecular Hbond substituents is 1. The van der Waals surface area contributed by atoms with E-state index in [1.807, 2.05) is 36.4 Å². The Hall–Kier alpha value is -4.82. The summed E-state index contributed by atoms with van der Waals surface area (Å²) >= 11 is 6.15. The Morgan fingerprint density at radius 1 is 1.08 bits per heavy atom. The number of aromatic nitrogens is 3. The lowest BCUT2D eigenvalue weighted by atomic mass is 10.0. The number of nitrogens with one attached hydrogen (secondary N) is 2. The highest BCUT2D eigenvalue weighted by Gasteiger charge is 2.21. The SMILES string of the molecule is O=C(/C=C/c1cn(-c2cccc(Cl)c2)nc1-c1ccc(O)cc1)NC(Cc1c[nH]c2ccccc12)C(=O)O. The molecule has 0 aliphatic rings. The largest absolute Gasteiger partial charge is 0.508 e. The molecule has 0 radical (unpaired) electrons. The summed E-state index contributed by atoms with van der Waals surface area (Å²) in [7, 11) is 0. The fourth-order valence-electron chi connectivity index (χ4n) is 4.21. The van der Waals surface area contributed by atoms with Crippen LogP contribution in [-0.4, -0.2) is 42.9 Å². The van der Waals surface area contributed by atoms with Crippen molar-refractivity contribution in [1.82, 2.24) is 20.1 Å². The Morgan fingerprint density at radius 3 is 2.63 bits per heavy atom. The molecule has 2 heterocycles. The van der Waals surface area contributed by atoms with Gasteiger partial charge in [-0.05, 0) is 60.2 Å². The molecule has 0 saturated heterocycles. The number of rotatable bonds is 8. The van der Waals surface area contributed by atoms with E-state index in [9.17, 15) is 19.8 Å². The second-order valence-electron chi connectivity index (χ2n) is 8.70. The number of aromatic hydroxyl groups is 1. The fraction of sp³-hybridized carbons (Fsp3) is 0.0690. The van der Waals surface area contributed by atoms with Crippen LogP contribution >= 0.6 is 11.6 Å². The smallest absolute Gasteiger partial charge is 0.326 e. The van der Waals surface area contributed by atoms with Crippen molar-refractivity contribution in [1.29, 1.82) is 0 Å². The number of carboxylic acids is 1. The van der Waals surface area contributed by atoms with E-state index in [2.05, 4.69) is 15.4 Å². The maximum atomic E-state index is 12.8. The number of hydrogen-bond donors (Lipinski definition) is 4. The van der Waals surface area contributed by atoms with Crippen molar-refractivity contribution in [3.8, 4) is 22.7 Å². The number of aromatic amines is 1. The molecule has 0 saturated carbocycles. The standard InChI is InChI=1S/C29H23ClN4O4/c30-21-4-3-5-22(15-21)34-17-19(28(33-34)18-8-11-23(35)12-9-18)10-13-27(36)32-26(29(37)38)14-20-16-31-25-7-2-1-6-24(20)25/h1-13,15-17,26,31,35H,14H2,(H,32,36)(H,37,38)/b13-10+. The number of halogens is 1. The molecule has 5 aromatic rings. The molecule has 0 spiro atoms. The first-order chi connectivity index (χ1) is 18.4. The first kappa shape index (κ1) is 24.9. The van der Waals surface area contributed by atoms with Gasteiger partial charge in [0.15, 0.2) is 0 Å². The van der Waals surface area contributed by atoms with Crippen molar-refractivity contribution >= 4 is 40.5 Å². The van der Waals surface area contributed by atoms with Gasteiger partial charge >= 0.3 is 5.97 Å². The van der Waals surface area contributed by atoms with Crippen molar-refractivity contribution in [2.45, 2.75) is 12.5 Å². The van der Waals surface area contributed by atoms with Crippen molar-refractivity contribution < 1.29 is 19.8 Å². The number of H-pyrrole nitrogens is 1. The lowest BCUT2D eigenvalue weighted by Gasteiger charge is -2.12. The normalized spacial score (nSPS) is 12.1. The van der Waals surface area contributed by atoms with E-state index < -0.39 is 17.9 Å². The maximum absolute atomic E-state index is 12.8. The van der Waals surface area contributed by atoms with Crippen LogP contribution in [0.2, 0.25) is 5.02 Å². The molecule has 9 heteroatoms. The minimum Gasteiger partial charge on any atom is -0.508 e. The van der Waals surface area contributed by atoms with Gasteiger partial charge in [0.1, 0.15) is 11.8 Å². The average Bonchev–Trinajstić information content (AvgIpc) is 3.52. The van der Waals surface area contributed by atoms with E-state index in [4.69, 9.17) is 11.6 Å². The van der Waals surface area contributed by atoms with Gasteiger partial charge in [0, 0.05) is 51.9 Å². The average molecular weight is 527 g/mol. The van der Waals surface area contributed by atoms with Gasteiger partial charge in [-0.1, -0.05) is 35.9 Å². The molecule has 2 aromatic heterocycles. The lowest BCUT2D eigenvalue weighted by Crippen LogP contribution is -2.41. The molecule has 5 rings (SSSR count). The minimum absolute atomic E-state index is 0.120. The fourth-order valence-corrected chi connectivity index (χ4v) is 4.39. The summed E-state index contributed by atoms with van der Waals surface area (Å²) in [5.74, 6) is -1.56. The first-order valence-corrected chi connectivity index (χ1v) is 12.2. The van der Waals surface area contributed by atoms with Crippen LogP contribution < -0.4 is 5.32 Å². The molecule has 1 atom stereocenters. The number of benzene rings is 3. The number of carbonyl (C=O) groups excluding carboxylic acids is 1. The van der Waals surface area contributed by atoms with Crippen LogP contribution in [0.3, 0.4) is 0 Å². The number of carboxylic acid groups (broad SMARTS) is 1. The number of phenols is 1. The van der Waals surface area contributed by atoms with Crippen LogP contribution in [-0.2, 0) is 16.0 Å². The summed E-state index contributed by atoms with van der Waals surface area (Å²) in [5.41, 5.74) is 4.35. The molecule has 1 amide bonds. The third-order valence-electron chi connectivity index (χ3n) is 6.08. The molecule has 1 unspecified atom stereocenters. The molecular weight excluding hydrogens is 504 g/mol. The highest BCUT2D eigenvalue weighted by atomic mass is 35.5. The van der Waals surface area contributed by atoms with Crippen molar-refractivity contribution in [2.24, 2.45) is 0 Å². The quantitative estimate of drug-likeness (QED) is 0.207. The summed E-state index contributed by atoms with van der Waals surface area (Å²) in [6.07, 6.45) is 6.50. The van der Waals surface area contributed by atoms with Gasteiger partial charge in [-0.15, -0.1) is 0 Å². The summed E-state index contributed by atoms with van der Waals surface area (Å²) in [6, 6.07) is 20.2. The third-order valence-corrected chi connectivity index (χ3v) is 6.32. The van der Waals surface area contributed by atoms with Gasteiger partial charge in [0.05, 0.1) is 11.4 Å². The number of para-hydroxylation sites is 1. The maximum Gasteiger partial charge on any atom is 0.326 e. The second-order valence-corrected chi connectivity index (χ2v) is 9.14. The number of carbonyl (C=O) groups is 2. The van der Waals surface area contributed by atoms with Crippen LogP contribution in [0.1, 0.15) is 11.1 Å². The van der Waals surface area contributed by atoms with Crippen LogP contribution in [0.15, 0.2) is 91.3 Å². The number of fused-ring (bicyclic) bond motifs is 1. The van der Waals surface area contributed by atoms with Crippen LogP contribution in [0.25, 0.3) is 33.9 Å². The zero-order valence-electron chi connectivity index (χ0n) is 20.0. The van der Waals surface area contributed by atoms with Crippen LogP contribution in [0.5, 0.6) is 5.75 Å². The second kappa shape index (κ2) is 10.7. The van der Waals surface area contributed by atoms with E-state index in [1.165, 1.54) is 6.08 Å².